The highest BCUT2D eigenvalue weighted by Gasteiger charge is 2.28. The summed E-state index contributed by atoms with van der Waals surface area (Å²) in [5.41, 5.74) is 10.4. The molecule has 0 aliphatic carbocycles. The van der Waals surface area contributed by atoms with Crippen molar-refractivity contribution in [3.05, 3.63) is 77.9 Å². The Morgan fingerprint density at radius 2 is 2.03 bits per heavy atom. The van der Waals surface area contributed by atoms with Gasteiger partial charge in [0.05, 0.1) is 30.0 Å². The second-order valence-electron chi connectivity index (χ2n) is 10.0. The molecule has 5 heterocycles. The third kappa shape index (κ3) is 3.73. The molecule has 1 fully saturated rings. The molecule has 0 bridgehead atoms. The van der Waals surface area contributed by atoms with Gasteiger partial charge < -0.3 is 24.5 Å². The fourth-order valence-electron chi connectivity index (χ4n) is 5.75. The van der Waals surface area contributed by atoms with Crippen LogP contribution in [0, 0.1) is 5.82 Å². The van der Waals surface area contributed by atoms with E-state index in [1.165, 1.54) is 6.07 Å². The van der Waals surface area contributed by atoms with E-state index >= 15 is 0 Å². The largest absolute Gasteiger partial charge is 0.489 e. The van der Waals surface area contributed by atoms with E-state index in [4.69, 9.17) is 15.5 Å². The number of aromatic nitrogens is 4. The van der Waals surface area contributed by atoms with E-state index in [1.807, 2.05) is 41.3 Å². The molecule has 2 aromatic carbocycles. The van der Waals surface area contributed by atoms with Crippen LogP contribution in [-0.4, -0.2) is 55.6 Å². The average molecular weight is 511 g/mol. The number of nitrogens with two attached hydrogens (primary N) is 1. The van der Waals surface area contributed by atoms with Crippen LogP contribution in [0.5, 0.6) is 5.75 Å². The van der Waals surface area contributed by atoms with Gasteiger partial charge in [0.2, 0.25) is 0 Å². The van der Waals surface area contributed by atoms with Gasteiger partial charge in [-0.05, 0) is 49.2 Å². The first-order valence-corrected chi connectivity index (χ1v) is 13.0. The van der Waals surface area contributed by atoms with Crippen molar-refractivity contribution in [3.63, 3.8) is 0 Å². The van der Waals surface area contributed by atoms with Crippen LogP contribution in [0.15, 0.2) is 60.8 Å². The molecule has 0 radical (unpaired) electrons. The summed E-state index contributed by atoms with van der Waals surface area (Å²) in [6, 6.07) is 16.8. The summed E-state index contributed by atoms with van der Waals surface area (Å²) in [5, 5.41) is 1.03. The third-order valence-electron chi connectivity index (χ3n) is 7.55. The summed E-state index contributed by atoms with van der Waals surface area (Å²) >= 11 is 0. The number of ether oxygens (including phenoxy) is 1. The Morgan fingerprint density at radius 3 is 2.89 bits per heavy atom. The Morgan fingerprint density at radius 1 is 1.13 bits per heavy atom. The molecule has 8 nitrogen and oxygen atoms in total. The van der Waals surface area contributed by atoms with Gasteiger partial charge in [-0.15, -0.1) is 0 Å². The Bertz CT molecular complexity index is 1710. The van der Waals surface area contributed by atoms with Gasteiger partial charge in [0.1, 0.15) is 23.7 Å². The molecule has 1 saturated heterocycles. The van der Waals surface area contributed by atoms with Crippen LogP contribution >= 0.6 is 0 Å². The zero-order valence-corrected chi connectivity index (χ0v) is 20.8. The normalized spacial score (nSPS) is 17.2. The maximum atomic E-state index is 14.6. The molecule has 7 rings (SSSR count). The second-order valence-corrected chi connectivity index (χ2v) is 10.0. The predicted octanol–water partition coefficient (Wildman–Crippen LogP) is 4.20. The molecule has 3 aromatic heterocycles. The average Bonchev–Trinajstić information content (AvgIpc) is 3.49. The number of rotatable bonds is 4. The van der Waals surface area contributed by atoms with Crippen molar-refractivity contribution in [2.75, 3.05) is 19.7 Å². The van der Waals surface area contributed by atoms with Crippen molar-refractivity contribution in [1.29, 1.82) is 0 Å². The molecule has 192 valence electrons. The minimum absolute atomic E-state index is 0.00251. The number of amides is 1. The van der Waals surface area contributed by atoms with E-state index in [-0.39, 0.29) is 24.3 Å². The molecule has 0 unspecified atom stereocenters. The number of hydrogen-bond donors (Lipinski definition) is 1. The maximum Gasteiger partial charge on any atom is 0.254 e. The van der Waals surface area contributed by atoms with Crippen molar-refractivity contribution in [1.82, 2.24) is 24.0 Å². The lowest BCUT2D eigenvalue weighted by atomic mass is 10.0. The lowest BCUT2D eigenvalue weighted by Crippen LogP contribution is -2.45. The molecular weight excluding hydrogens is 483 g/mol. The highest BCUT2D eigenvalue weighted by atomic mass is 19.1. The molecule has 1 amide bonds. The molecule has 0 spiro atoms. The fourth-order valence-corrected chi connectivity index (χ4v) is 5.75. The summed E-state index contributed by atoms with van der Waals surface area (Å²) in [7, 11) is 0. The Kier molecular flexibility index (Phi) is 5.40. The fraction of sp³-hybridized carbons (Fsp3) is 0.276. The first kappa shape index (κ1) is 22.9. The minimum atomic E-state index is -0.345. The number of carbonyl (C=O) groups is 1. The summed E-state index contributed by atoms with van der Waals surface area (Å²) in [4.78, 5) is 24.5. The SMILES string of the molecule is N[C@@H]1CCCN(C(=O)c2cc3c4c(c2)nc(-c2cc5ccccc5n2Cc2ncccc2F)n4CCO3)C1. The van der Waals surface area contributed by atoms with E-state index in [0.29, 0.717) is 48.8 Å². The number of fused-ring (bicyclic) bond motifs is 1. The molecule has 38 heavy (non-hydrogen) atoms. The monoisotopic (exact) mass is 510 g/mol. The molecule has 1 atom stereocenters. The number of nitrogens with zero attached hydrogens (tertiary/aromatic N) is 5. The smallest absolute Gasteiger partial charge is 0.254 e. The first-order chi connectivity index (χ1) is 18.6. The predicted molar refractivity (Wildman–Crippen MR) is 143 cm³/mol. The number of likely N-dealkylation sites (tertiary alicyclic amines) is 1. The second kappa shape index (κ2) is 8.95. The van der Waals surface area contributed by atoms with Gasteiger partial charge in [-0.3, -0.25) is 9.78 Å². The standard InChI is InChI=1S/C29H27FN6O2/c30-21-7-3-9-32-23(21)17-36-24-8-2-1-5-18(24)14-25(36)28-33-22-13-19(15-26-27(22)35(28)11-12-38-26)29(37)34-10-4-6-20(31)16-34/h1-3,5,7-9,13-15,20H,4,6,10-12,16-17,31H2/t20-/m1/s1. The van der Waals surface area contributed by atoms with Gasteiger partial charge >= 0.3 is 0 Å². The van der Waals surface area contributed by atoms with E-state index in [2.05, 4.69) is 20.2 Å². The molecule has 9 heteroatoms. The zero-order valence-electron chi connectivity index (χ0n) is 20.8. The minimum Gasteiger partial charge on any atom is -0.489 e. The number of benzene rings is 2. The van der Waals surface area contributed by atoms with Crippen molar-refractivity contribution < 1.29 is 13.9 Å². The van der Waals surface area contributed by atoms with Crippen molar-refractivity contribution in [2.24, 2.45) is 5.73 Å². The summed E-state index contributed by atoms with van der Waals surface area (Å²) in [6.07, 6.45) is 3.44. The first-order valence-electron chi connectivity index (χ1n) is 13.0. The van der Waals surface area contributed by atoms with Crippen LogP contribution in [0.1, 0.15) is 28.9 Å². The summed E-state index contributed by atoms with van der Waals surface area (Å²) < 4.78 is 24.8. The Hall–Kier alpha value is -4.24. The number of imidazole rings is 1. The highest BCUT2D eigenvalue weighted by Crippen LogP contribution is 2.37. The zero-order chi connectivity index (χ0) is 25.8. The van der Waals surface area contributed by atoms with Crippen molar-refractivity contribution in [3.8, 4) is 17.3 Å². The Balaban J connectivity index is 1.37. The quantitative estimate of drug-likeness (QED) is 0.391. The lowest BCUT2D eigenvalue weighted by molar-refractivity contribution is 0.0708. The molecule has 2 aliphatic heterocycles. The number of pyridine rings is 1. The number of hydrogen-bond acceptors (Lipinski definition) is 5. The van der Waals surface area contributed by atoms with Crippen molar-refractivity contribution >= 4 is 27.8 Å². The van der Waals surface area contributed by atoms with E-state index in [9.17, 15) is 9.18 Å². The molecule has 2 aliphatic rings. The number of carbonyl (C=O) groups excluding carboxylic acids is 1. The van der Waals surface area contributed by atoms with Gasteiger partial charge in [0.15, 0.2) is 5.82 Å². The van der Waals surface area contributed by atoms with E-state index < -0.39 is 0 Å². The van der Waals surface area contributed by atoms with Crippen LogP contribution in [0.3, 0.4) is 0 Å². The van der Waals surface area contributed by atoms with Crippen LogP contribution in [0.25, 0.3) is 33.5 Å². The number of piperidine rings is 1. The van der Waals surface area contributed by atoms with Gasteiger partial charge in [0, 0.05) is 41.8 Å². The van der Waals surface area contributed by atoms with E-state index in [1.54, 1.807) is 12.3 Å². The molecule has 2 N–H and O–H groups in total. The van der Waals surface area contributed by atoms with Crippen LogP contribution < -0.4 is 10.5 Å². The molecule has 5 aromatic rings. The maximum absolute atomic E-state index is 14.6. The third-order valence-corrected chi connectivity index (χ3v) is 7.55. The summed E-state index contributed by atoms with van der Waals surface area (Å²) in [6.45, 7) is 2.60. The number of para-hydroxylation sites is 1. The van der Waals surface area contributed by atoms with E-state index in [0.717, 1.165) is 40.8 Å². The van der Waals surface area contributed by atoms with Crippen LogP contribution in [-0.2, 0) is 13.1 Å². The highest BCUT2D eigenvalue weighted by molar-refractivity contribution is 6.00. The van der Waals surface area contributed by atoms with Gasteiger partial charge in [-0.1, -0.05) is 18.2 Å². The van der Waals surface area contributed by atoms with Gasteiger partial charge in [0.25, 0.3) is 5.91 Å². The van der Waals surface area contributed by atoms with Gasteiger partial charge in [-0.25, -0.2) is 9.37 Å². The summed E-state index contributed by atoms with van der Waals surface area (Å²) in [5.74, 6) is 1.00. The van der Waals surface area contributed by atoms with Gasteiger partial charge in [-0.2, -0.15) is 0 Å². The van der Waals surface area contributed by atoms with Crippen LogP contribution in [0.4, 0.5) is 4.39 Å². The molecule has 0 saturated carbocycles. The van der Waals surface area contributed by atoms with Crippen LogP contribution in [0.2, 0.25) is 0 Å². The topological polar surface area (TPSA) is 91.2 Å². The van der Waals surface area contributed by atoms with Crippen molar-refractivity contribution in [2.45, 2.75) is 32.0 Å². The molecular formula is C29H27FN6O2. The number of halogens is 1. The Labute approximate surface area is 218 Å². The lowest BCUT2D eigenvalue weighted by Gasteiger charge is -2.31.